The van der Waals surface area contributed by atoms with Gasteiger partial charge in [0, 0.05) is 21.7 Å². The third-order valence-corrected chi connectivity index (χ3v) is 5.71. The highest BCUT2D eigenvalue weighted by Gasteiger charge is 2.22. The first-order chi connectivity index (χ1) is 10.3. The molecule has 0 saturated heterocycles. The van der Waals surface area contributed by atoms with Crippen LogP contribution in [0.1, 0.15) is 29.0 Å². The van der Waals surface area contributed by atoms with Crippen LogP contribution in [0.25, 0.3) is 10.1 Å². The number of hydrogen-bond donors (Lipinski definition) is 1. The first kappa shape index (κ1) is 13.1. The summed E-state index contributed by atoms with van der Waals surface area (Å²) in [5.41, 5.74) is 3.03. The number of hydrogen-bond acceptors (Lipinski definition) is 2. The fourth-order valence-corrected chi connectivity index (χ4v) is 4.40. The second kappa shape index (κ2) is 5.28. The zero-order chi connectivity index (χ0) is 14.2. The Kier molecular flexibility index (Phi) is 3.28. The van der Waals surface area contributed by atoms with E-state index in [9.17, 15) is 0 Å². The van der Waals surface area contributed by atoms with Gasteiger partial charge in [0.2, 0.25) is 0 Å². The summed E-state index contributed by atoms with van der Waals surface area (Å²) in [6, 6.07) is 20.8. The molecule has 106 valence electrons. The van der Waals surface area contributed by atoms with Gasteiger partial charge >= 0.3 is 0 Å². The lowest BCUT2D eigenvalue weighted by Crippen LogP contribution is -2.31. The van der Waals surface area contributed by atoms with E-state index in [2.05, 4.69) is 66.8 Å². The van der Waals surface area contributed by atoms with Gasteiger partial charge in [0.05, 0.1) is 0 Å². The number of fused-ring (bicyclic) bond motifs is 2. The largest absolute Gasteiger partial charge is 0.306 e. The molecule has 1 heterocycles. The smallest absolute Gasteiger partial charge is 0.0388 e. The van der Waals surface area contributed by atoms with Crippen LogP contribution in [0.4, 0.5) is 0 Å². The Morgan fingerprint density at radius 2 is 1.67 bits per heavy atom. The quantitative estimate of drug-likeness (QED) is 0.737. The summed E-state index contributed by atoms with van der Waals surface area (Å²) in [6.45, 7) is 2.29. The molecule has 0 saturated carbocycles. The maximum Gasteiger partial charge on any atom is 0.0388 e. The van der Waals surface area contributed by atoms with Crippen molar-refractivity contribution in [2.45, 2.75) is 31.8 Å². The van der Waals surface area contributed by atoms with E-state index in [0.29, 0.717) is 12.1 Å². The van der Waals surface area contributed by atoms with Gasteiger partial charge in [-0.25, -0.2) is 0 Å². The molecule has 0 bridgehead atoms. The number of benzene rings is 2. The van der Waals surface area contributed by atoms with Crippen LogP contribution in [-0.2, 0) is 12.8 Å². The first-order valence-electron chi connectivity index (χ1n) is 7.61. The highest BCUT2D eigenvalue weighted by atomic mass is 32.1. The second-order valence-electron chi connectivity index (χ2n) is 5.95. The molecule has 0 radical (unpaired) electrons. The van der Waals surface area contributed by atoms with Crippen molar-refractivity contribution in [1.82, 2.24) is 5.32 Å². The minimum Gasteiger partial charge on any atom is -0.306 e. The topological polar surface area (TPSA) is 12.0 Å². The standard InChI is InChI=1S/C19H19NS/c1-13(19-12-16-8-4-5-9-18(16)21-19)20-17-10-14-6-2-3-7-15(14)11-17/h2-9,12-13,17,20H,10-11H2,1H3. The summed E-state index contributed by atoms with van der Waals surface area (Å²) >= 11 is 1.91. The number of rotatable bonds is 3. The van der Waals surface area contributed by atoms with E-state index in [0.717, 1.165) is 12.8 Å². The van der Waals surface area contributed by atoms with Gasteiger partial charge in [0.1, 0.15) is 0 Å². The van der Waals surface area contributed by atoms with Gasteiger partial charge in [-0.3, -0.25) is 0 Å². The van der Waals surface area contributed by atoms with Crippen molar-refractivity contribution in [1.29, 1.82) is 0 Å². The maximum absolute atomic E-state index is 3.81. The molecule has 0 amide bonds. The molecular formula is C19H19NS. The van der Waals surface area contributed by atoms with Crippen molar-refractivity contribution in [3.63, 3.8) is 0 Å². The minimum atomic E-state index is 0.418. The summed E-state index contributed by atoms with van der Waals surface area (Å²) in [4.78, 5) is 1.44. The molecule has 1 nitrogen and oxygen atoms in total. The summed E-state index contributed by atoms with van der Waals surface area (Å²) in [6.07, 6.45) is 2.32. The Labute approximate surface area is 129 Å². The van der Waals surface area contributed by atoms with E-state index in [1.165, 1.54) is 26.1 Å². The molecule has 1 unspecified atom stereocenters. The van der Waals surface area contributed by atoms with Crippen LogP contribution in [0.3, 0.4) is 0 Å². The summed E-state index contributed by atoms with van der Waals surface area (Å²) in [5, 5.41) is 5.18. The van der Waals surface area contributed by atoms with Gasteiger partial charge in [-0.1, -0.05) is 42.5 Å². The first-order valence-corrected chi connectivity index (χ1v) is 8.42. The molecule has 0 fully saturated rings. The van der Waals surface area contributed by atoms with Crippen molar-refractivity contribution < 1.29 is 0 Å². The fourth-order valence-electron chi connectivity index (χ4n) is 3.33. The molecule has 0 spiro atoms. The normalized spacial score (nSPS) is 16.2. The average molecular weight is 293 g/mol. The Morgan fingerprint density at radius 1 is 1.00 bits per heavy atom. The highest BCUT2D eigenvalue weighted by molar-refractivity contribution is 7.19. The van der Waals surface area contributed by atoms with Gasteiger partial charge in [-0.15, -0.1) is 11.3 Å². The molecule has 2 aromatic carbocycles. The zero-order valence-electron chi connectivity index (χ0n) is 12.2. The summed E-state index contributed by atoms with van der Waals surface area (Å²) < 4.78 is 1.39. The van der Waals surface area contributed by atoms with Gasteiger partial charge in [-0.05, 0) is 48.4 Å². The van der Waals surface area contributed by atoms with Crippen LogP contribution in [0.15, 0.2) is 54.6 Å². The summed E-state index contributed by atoms with van der Waals surface area (Å²) in [7, 11) is 0. The molecule has 1 aliphatic carbocycles. The van der Waals surface area contributed by atoms with Crippen molar-refractivity contribution in [3.05, 3.63) is 70.6 Å². The predicted octanol–water partition coefficient (Wildman–Crippen LogP) is 4.72. The second-order valence-corrected chi connectivity index (χ2v) is 7.06. The van der Waals surface area contributed by atoms with E-state index in [1.807, 2.05) is 11.3 Å². The molecule has 0 aliphatic heterocycles. The van der Waals surface area contributed by atoms with Crippen LogP contribution < -0.4 is 5.32 Å². The molecule has 4 rings (SSSR count). The molecule has 1 aromatic heterocycles. The number of thiophene rings is 1. The Hall–Kier alpha value is -1.64. The SMILES string of the molecule is CC(NC1Cc2ccccc2C1)c1cc2ccccc2s1. The molecule has 21 heavy (non-hydrogen) atoms. The lowest BCUT2D eigenvalue weighted by Gasteiger charge is -2.18. The molecule has 3 aromatic rings. The van der Waals surface area contributed by atoms with Crippen LogP contribution >= 0.6 is 11.3 Å². The van der Waals surface area contributed by atoms with Crippen LogP contribution in [0, 0.1) is 0 Å². The lowest BCUT2D eigenvalue weighted by molar-refractivity contribution is 0.472. The molecule has 1 atom stereocenters. The highest BCUT2D eigenvalue weighted by Crippen LogP contribution is 2.31. The Morgan fingerprint density at radius 3 is 2.38 bits per heavy atom. The van der Waals surface area contributed by atoms with Crippen molar-refractivity contribution in [2.24, 2.45) is 0 Å². The molecule has 1 aliphatic rings. The van der Waals surface area contributed by atoms with Crippen LogP contribution in [0.5, 0.6) is 0 Å². The van der Waals surface area contributed by atoms with Crippen molar-refractivity contribution >= 4 is 21.4 Å². The van der Waals surface area contributed by atoms with Crippen molar-refractivity contribution in [2.75, 3.05) is 0 Å². The number of nitrogens with one attached hydrogen (secondary N) is 1. The fraction of sp³-hybridized carbons (Fsp3) is 0.263. The Balaban J connectivity index is 1.50. The van der Waals surface area contributed by atoms with Gasteiger partial charge in [0.25, 0.3) is 0 Å². The monoisotopic (exact) mass is 293 g/mol. The summed E-state index contributed by atoms with van der Waals surface area (Å²) in [5.74, 6) is 0. The van der Waals surface area contributed by atoms with E-state index < -0.39 is 0 Å². The third kappa shape index (κ3) is 2.50. The molecule has 1 N–H and O–H groups in total. The molecular weight excluding hydrogens is 274 g/mol. The van der Waals surface area contributed by atoms with Gasteiger partial charge < -0.3 is 5.32 Å². The van der Waals surface area contributed by atoms with Gasteiger partial charge in [-0.2, -0.15) is 0 Å². The van der Waals surface area contributed by atoms with E-state index in [4.69, 9.17) is 0 Å². The predicted molar refractivity (Wildman–Crippen MR) is 91.0 cm³/mol. The zero-order valence-corrected chi connectivity index (χ0v) is 13.0. The van der Waals surface area contributed by atoms with Crippen molar-refractivity contribution in [3.8, 4) is 0 Å². The van der Waals surface area contributed by atoms with Crippen LogP contribution in [-0.4, -0.2) is 6.04 Å². The third-order valence-electron chi connectivity index (χ3n) is 4.41. The maximum atomic E-state index is 3.81. The molecule has 2 heteroatoms. The van der Waals surface area contributed by atoms with Gasteiger partial charge in [0.15, 0.2) is 0 Å². The average Bonchev–Trinajstić information content (AvgIpc) is 3.10. The van der Waals surface area contributed by atoms with E-state index >= 15 is 0 Å². The van der Waals surface area contributed by atoms with Crippen LogP contribution in [0.2, 0.25) is 0 Å². The van der Waals surface area contributed by atoms with E-state index in [-0.39, 0.29) is 0 Å². The minimum absolute atomic E-state index is 0.418. The lowest BCUT2D eigenvalue weighted by atomic mass is 10.1. The van der Waals surface area contributed by atoms with E-state index in [1.54, 1.807) is 0 Å². The Bertz CT molecular complexity index is 716.